The van der Waals surface area contributed by atoms with Crippen molar-refractivity contribution in [2.24, 2.45) is 0 Å². The number of carbonyl (C=O) groups excluding carboxylic acids is 1. The van der Waals surface area contributed by atoms with Gasteiger partial charge in [-0.2, -0.15) is 0 Å². The number of nitrogens with zero attached hydrogens (tertiary/aromatic N) is 1. The first-order valence-corrected chi connectivity index (χ1v) is 5.16. The lowest BCUT2D eigenvalue weighted by Gasteiger charge is -2.15. The van der Waals surface area contributed by atoms with Gasteiger partial charge in [-0.15, -0.1) is 5.73 Å². The van der Waals surface area contributed by atoms with Crippen molar-refractivity contribution in [2.45, 2.75) is 12.5 Å². The predicted molar refractivity (Wildman–Crippen MR) is 60.8 cm³/mol. The summed E-state index contributed by atoms with van der Waals surface area (Å²) < 4.78 is 4.99. The highest BCUT2D eigenvalue weighted by Crippen LogP contribution is 2.17. The van der Waals surface area contributed by atoms with Crippen LogP contribution in [0.25, 0.3) is 0 Å². The smallest absolute Gasteiger partial charge is 0.414 e. The third kappa shape index (κ3) is 2.15. The van der Waals surface area contributed by atoms with Crippen molar-refractivity contribution < 1.29 is 9.53 Å². The minimum Gasteiger partial charge on any atom is -0.447 e. The molecule has 0 aliphatic carbocycles. The van der Waals surface area contributed by atoms with E-state index in [1.807, 2.05) is 30.3 Å². The summed E-state index contributed by atoms with van der Waals surface area (Å²) in [7, 11) is 0. The summed E-state index contributed by atoms with van der Waals surface area (Å²) in [6.45, 7) is 3.89. The van der Waals surface area contributed by atoms with E-state index in [-0.39, 0.29) is 12.1 Å². The SMILES string of the molecule is C=C=CN1C(=O)OCC1Cc1ccccc1. The summed E-state index contributed by atoms with van der Waals surface area (Å²) >= 11 is 0. The van der Waals surface area contributed by atoms with Crippen molar-refractivity contribution in [1.82, 2.24) is 4.90 Å². The van der Waals surface area contributed by atoms with Crippen molar-refractivity contribution in [1.29, 1.82) is 0 Å². The number of rotatable bonds is 3. The summed E-state index contributed by atoms with van der Waals surface area (Å²) in [5, 5.41) is 0. The zero-order valence-electron chi connectivity index (χ0n) is 8.93. The maximum absolute atomic E-state index is 11.4. The highest BCUT2D eigenvalue weighted by Gasteiger charge is 2.31. The standard InChI is InChI=1S/C13H13NO2/c1-2-8-14-12(10-16-13(14)15)9-11-6-4-3-5-7-11/h3-8,12H,1,9-10H2. The van der Waals surface area contributed by atoms with Crippen molar-refractivity contribution in [3.05, 3.63) is 54.4 Å². The maximum atomic E-state index is 11.4. The van der Waals surface area contributed by atoms with E-state index in [1.54, 1.807) is 11.1 Å². The average molecular weight is 215 g/mol. The van der Waals surface area contributed by atoms with Crippen LogP contribution in [0.1, 0.15) is 5.56 Å². The Morgan fingerprint density at radius 3 is 2.94 bits per heavy atom. The molecule has 16 heavy (non-hydrogen) atoms. The minimum absolute atomic E-state index is 0.0455. The fourth-order valence-corrected chi connectivity index (χ4v) is 1.77. The second-order valence-electron chi connectivity index (χ2n) is 3.66. The first-order chi connectivity index (χ1) is 7.81. The van der Waals surface area contributed by atoms with E-state index in [0.717, 1.165) is 6.42 Å². The van der Waals surface area contributed by atoms with E-state index in [1.165, 1.54) is 5.56 Å². The molecule has 1 unspecified atom stereocenters. The van der Waals surface area contributed by atoms with Gasteiger partial charge in [-0.25, -0.2) is 4.79 Å². The summed E-state index contributed by atoms with van der Waals surface area (Å²) in [5.74, 6) is 0. The molecule has 0 radical (unpaired) electrons. The third-order valence-corrected chi connectivity index (χ3v) is 2.55. The van der Waals surface area contributed by atoms with Gasteiger partial charge < -0.3 is 4.74 Å². The van der Waals surface area contributed by atoms with Crippen LogP contribution in [0.5, 0.6) is 0 Å². The minimum atomic E-state index is -0.322. The van der Waals surface area contributed by atoms with E-state index in [2.05, 4.69) is 12.3 Å². The fourth-order valence-electron chi connectivity index (χ4n) is 1.77. The van der Waals surface area contributed by atoms with E-state index in [4.69, 9.17) is 4.74 Å². The van der Waals surface area contributed by atoms with Gasteiger partial charge in [0.25, 0.3) is 0 Å². The van der Waals surface area contributed by atoms with Crippen LogP contribution in [0.3, 0.4) is 0 Å². The number of cyclic esters (lactones) is 1. The van der Waals surface area contributed by atoms with Crippen LogP contribution in [0.15, 0.2) is 48.8 Å². The van der Waals surface area contributed by atoms with E-state index >= 15 is 0 Å². The molecule has 1 fully saturated rings. The van der Waals surface area contributed by atoms with Gasteiger partial charge in [-0.1, -0.05) is 36.9 Å². The number of hydrogen-bond acceptors (Lipinski definition) is 2. The largest absolute Gasteiger partial charge is 0.447 e. The van der Waals surface area contributed by atoms with Crippen LogP contribution >= 0.6 is 0 Å². The van der Waals surface area contributed by atoms with Crippen LogP contribution in [-0.2, 0) is 11.2 Å². The maximum Gasteiger partial charge on any atom is 0.414 e. The van der Waals surface area contributed by atoms with E-state index < -0.39 is 0 Å². The molecule has 0 spiro atoms. The Kier molecular flexibility index (Phi) is 3.08. The van der Waals surface area contributed by atoms with Gasteiger partial charge in [0.2, 0.25) is 0 Å². The first kappa shape index (κ1) is 10.5. The molecular weight excluding hydrogens is 202 g/mol. The van der Waals surface area contributed by atoms with Crippen LogP contribution in [0.4, 0.5) is 4.79 Å². The third-order valence-electron chi connectivity index (χ3n) is 2.55. The first-order valence-electron chi connectivity index (χ1n) is 5.16. The van der Waals surface area contributed by atoms with Crippen LogP contribution in [0, 0.1) is 0 Å². The molecule has 0 bridgehead atoms. The van der Waals surface area contributed by atoms with Crippen molar-refractivity contribution in [3.8, 4) is 0 Å². The van der Waals surface area contributed by atoms with Crippen molar-refractivity contribution in [3.63, 3.8) is 0 Å². The average Bonchev–Trinajstić information content (AvgIpc) is 2.64. The van der Waals surface area contributed by atoms with Gasteiger partial charge in [0.05, 0.1) is 12.2 Å². The predicted octanol–water partition coefficient (Wildman–Crippen LogP) is 2.35. The Bertz CT molecular complexity index is 421. The molecule has 82 valence electrons. The molecule has 3 heteroatoms. The fraction of sp³-hybridized carbons (Fsp3) is 0.231. The Balaban J connectivity index is 2.10. The van der Waals surface area contributed by atoms with Gasteiger partial charge in [-0.3, -0.25) is 4.90 Å². The van der Waals surface area contributed by atoms with Crippen molar-refractivity contribution in [2.75, 3.05) is 6.61 Å². The molecule has 1 aliphatic heterocycles. The van der Waals surface area contributed by atoms with Gasteiger partial charge in [0.1, 0.15) is 6.61 Å². The number of ether oxygens (including phenoxy) is 1. The highest BCUT2D eigenvalue weighted by atomic mass is 16.6. The number of hydrogen-bond donors (Lipinski definition) is 0. The number of amides is 1. The molecule has 0 N–H and O–H groups in total. The molecule has 1 aromatic carbocycles. The van der Waals surface area contributed by atoms with E-state index in [0.29, 0.717) is 6.61 Å². The highest BCUT2D eigenvalue weighted by molar-refractivity contribution is 5.71. The Morgan fingerprint density at radius 1 is 1.50 bits per heavy atom. The van der Waals surface area contributed by atoms with Crippen LogP contribution < -0.4 is 0 Å². The molecular formula is C13H13NO2. The zero-order valence-corrected chi connectivity index (χ0v) is 8.93. The molecule has 0 saturated carbocycles. The van der Waals surface area contributed by atoms with Gasteiger partial charge in [-0.05, 0) is 12.0 Å². The summed E-state index contributed by atoms with van der Waals surface area (Å²) in [4.78, 5) is 12.9. The van der Waals surface area contributed by atoms with Gasteiger partial charge in [0.15, 0.2) is 0 Å². The molecule has 3 nitrogen and oxygen atoms in total. The summed E-state index contributed by atoms with van der Waals surface area (Å²) in [5.41, 5.74) is 3.79. The van der Waals surface area contributed by atoms with Crippen LogP contribution in [-0.4, -0.2) is 23.6 Å². The summed E-state index contributed by atoms with van der Waals surface area (Å²) in [6.07, 6.45) is 2.00. The molecule has 0 aromatic heterocycles. The lowest BCUT2D eigenvalue weighted by molar-refractivity contribution is 0.166. The molecule has 1 aliphatic rings. The lowest BCUT2D eigenvalue weighted by atomic mass is 10.1. The van der Waals surface area contributed by atoms with Crippen molar-refractivity contribution >= 4 is 6.09 Å². The molecule has 1 amide bonds. The normalized spacial score (nSPS) is 19.1. The Hall–Kier alpha value is -1.99. The summed E-state index contributed by atoms with van der Waals surface area (Å²) in [6, 6.07) is 10.1. The molecule has 1 saturated heterocycles. The number of carbonyl (C=O) groups is 1. The Labute approximate surface area is 94.6 Å². The zero-order chi connectivity index (χ0) is 11.4. The Morgan fingerprint density at radius 2 is 2.25 bits per heavy atom. The van der Waals surface area contributed by atoms with Gasteiger partial charge >= 0.3 is 6.09 Å². The quantitative estimate of drug-likeness (QED) is 0.724. The topological polar surface area (TPSA) is 29.5 Å². The second kappa shape index (κ2) is 4.69. The van der Waals surface area contributed by atoms with Gasteiger partial charge in [0, 0.05) is 0 Å². The van der Waals surface area contributed by atoms with E-state index in [9.17, 15) is 4.79 Å². The molecule has 1 heterocycles. The molecule has 2 rings (SSSR count). The van der Waals surface area contributed by atoms with Crippen LogP contribution in [0.2, 0.25) is 0 Å². The molecule has 1 aromatic rings. The monoisotopic (exact) mass is 215 g/mol. The number of benzene rings is 1. The lowest BCUT2D eigenvalue weighted by Crippen LogP contribution is -2.30. The second-order valence-corrected chi connectivity index (χ2v) is 3.66. The molecule has 1 atom stereocenters.